The maximum absolute atomic E-state index is 6.95. The number of aryl methyl sites for hydroxylation is 1. The molecule has 1 aliphatic rings. The predicted octanol–water partition coefficient (Wildman–Crippen LogP) is 20.1. The van der Waals surface area contributed by atoms with Gasteiger partial charge in [0, 0.05) is 51.5 Å². The first kappa shape index (κ1) is 50.2. The van der Waals surface area contributed by atoms with Crippen molar-refractivity contribution in [2.24, 2.45) is 0 Å². The normalized spacial score (nSPS) is 12.9. The Hall–Kier alpha value is -8.67. The molecule has 0 spiro atoms. The van der Waals surface area contributed by atoms with E-state index in [9.17, 15) is 0 Å². The zero-order valence-corrected chi connectivity index (χ0v) is 46.7. The minimum Gasteiger partial charge on any atom is -0.457 e. The highest BCUT2D eigenvalue weighted by atomic mass is 16.5. The lowest BCUT2D eigenvalue weighted by atomic mass is 9.85. The summed E-state index contributed by atoms with van der Waals surface area (Å²) < 4.78 is 9.25. The Balaban J connectivity index is 0.919. The second-order valence-electron chi connectivity index (χ2n) is 24.2. The summed E-state index contributed by atoms with van der Waals surface area (Å²) in [5.41, 5.74) is 21.2. The van der Waals surface area contributed by atoms with E-state index >= 15 is 0 Å². The number of para-hydroxylation sites is 3. The fourth-order valence-electron chi connectivity index (χ4n) is 11.3. The molecule has 5 heteroatoms. The molecule has 0 radical (unpaired) electrons. The molecule has 2 aromatic heterocycles. The van der Waals surface area contributed by atoms with Gasteiger partial charge in [0.05, 0.1) is 28.1 Å². The van der Waals surface area contributed by atoms with Gasteiger partial charge in [-0.3, -0.25) is 4.57 Å². The summed E-state index contributed by atoms with van der Waals surface area (Å²) in [4.78, 5) is 10.1. The molecule has 11 aromatic rings. The average molecular weight is 1020 g/mol. The van der Waals surface area contributed by atoms with Crippen LogP contribution in [0.4, 0.5) is 22.7 Å². The van der Waals surface area contributed by atoms with E-state index in [0.29, 0.717) is 6.67 Å². The van der Waals surface area contributed by atoms with Gasteiger partial charge >= 0.3 is 0 Å². The van der Waals surface area contributed by atoms with Crippen molar-refractivity contribution in [1.82, 2.24) is 9.55 Å². The van der Waals surface area contributed by atoms with Crippen molar-refractivity contribution in [3.05, 3.63) is 241 Å². The van der Waals surface area contributed by atoms with Crippen LogP contribution in [0.15, 0.2) is 219 Å². The average Bonchev–Trinajstić information content (AvgIpc) is 4.05. The van der Waals surface area contributed by atoms with Crippen molar-refractivity contribution in [3.63, 3.8) is 0 Å². The minimum atomic E-state index is -0.0128. The molecular weight excluding hydrogens is 949 g/mol. The number of nitrogens with zero attached hydrogens (tertiary/aromatic N) is 4. The number of benzene rings is 9. The van der Waals surface area contributed by atoms with Crippen LogP contribution in [0.2, 0.25) is 0 Å². The van der Waals surface area contributed by atoms with Crippen LogP contribution in [0.3, 0.4) is 0 Å². The lowest BCUT2D eigenvalue weighted by molar-refractivity contribution is 0.483. The van der Waals surface area contributed by atoms with Gasteiger partial charge in [0.2, 0.25) is 0 Å². The molecule has 0 N–H and O–H groups in total. The van der Waals surface area contributed by atoms with Crippen LogP contribution < -0.4 is 14.5 Å². The molecular formula is C73H68N4O. The summed E-state index contributed by atoms with van der Waals surface area (Å²) in [5.74, 6) is 2.39. The molecule has 5 nitrogen and oxygen atoms in total. The maximum atomic E-state index is 6.95. The highest BCUT2D eigenvalue weighted by molar-refractivity contribution is 6.10. The van der Waals surface area contributed by atoms with Crippen molar-refractivity contribution in [1.29, 1.82) is 0 Å². The van der Waals surface area contributed by atoms with Crippen LogP contribution in [0.25, 0.3) is 72.1 Å². The lowest BCUT2D eigenvalue weighted by Gasteiger charge is -2.28. The molecule has 9 aromatic carbocycles. The van der Waals surface area contributed by atoms with E-state index in [1.165, 1.54) is 72.3 Å². The molecule has 0 unspecified atom stereocenters. The molecule has 0 saturated heterocycles. The molecule has 0 aliphatic carbocycles. The van der Waals surface area contributed by atoms with Crippen molar-refractivity contribution in [2.45, 2.75) is 85.5 Å². The number of hydrogen-bond donors (Lipinski definition) is 0. The minimum absolute atomic E-state index is 0.0128. The van der Waals surface area contributed by atoms with E-state index in [1.807, 2.05) is 6.20 Å². The van der Waals surface area contributed by atoms with Gasteiger partial charge in [-0.15, -0.1) is 0 Å². The standard InChI is InChI=1S/C73H68N4O/c1-48-41-69(74-46-64(48)51-31-35-55(36-32-51)72(5,6)7)77-65-40-37-56(73(8,9)10)43-63(65)62-39-38-59(45-68(62)77)78-58-24-17-23-57(44-58)75-47-76(67-28-15-14-27-66(67)75)70-60(50-29-33-54(34-30-50)71(2,3)4)25-18-26-61(70)53-22-16-21-52(42-53)49-19-12-11-13-20-49/h11-46H,47H2,1-10H3. The van der Waals surface area contributed by atoms with Crippen LogP contribution in [0, 0.1) is 6.92 Å². The van der Waals surface area contributed by atoms with Crippen LogP contribution >= 0.6 is 0 Å². The van der Waals surface area contributed by atoms with E-state index in [1.54, 1.807) is 0 Å². The molecule has 0 fully saturated rings. The van der Waals surface area contributed by atoms with Crippen molar-refractivity contribution >= 4 is 44.6 Å². The number of fused-ring (bicyclic) bond motifs is 4. The van der Waals surface area contributed by atoms with E-state index < -0.39 is 0 Å². The summed E-state index contributed by atoms with van der Waals surface area (Å²) in [6, 6.07) is 77.5. The summed E-state index contributed by atoms with van der Waals surface area (Å²) >= 11 is 0. The van der Waals surface area contributed by atoms with Crippen LogP contribution in [0.5, 0.6) is 11.5 Å². The van der Waals surface area contributed by atoms with E-state index in [0.717, 1.165) is 56.4 Å². The van der Waals surface area contributed by atoms with Crippen LogP contribution in [-0.2, 0) is 16.2 Å². The van der Waals surface area contributed by atoms with Crippen molar-refractivity contribution < 1.29 is 4.74 Å². The Labute approximate surface area is 461 Å². The lowest BCUT2D eigenvalue weighted by Crippen LogP contribution is -2.25. The van der Waals surface area contributed by atoms with E-state index in [2.05, 4.69) is 296 Å². The molecule has 386 valence electrons. The van der Waals surface area contributed by atoms with Gasteiger partial charge in [-0.25, -0.2) is 4.98 Å². The zero-order chi connectivity index (χ0) is 54.1. The van der Waals surface area contributed by atoms with Gasteiger partial charge in [0.15, 0.2) is 0 Å². The summed E-state index contributed by atoms with van der Waals surface area (Å²) in [5, 5.41) is 2.35. The van der Waals surface area contributed by atoms with Gasteiger partial charge in [-0.05, 0) is 134 Å². The van der Waals surface area contributed by atoms with Gasteiger partial charge in [-0.1, -0.05) is 202 Å². The quantitative estimate of drug-likeness (QED) is 0.144. The van der Waals surface area contributed by atoms with Gasteiger partial charge in [0.1, 0.15) is 24.0 Å². The molecule has 78 heavy (non-hydrogen) atoms. The Kier molecular flexibility index (Phi) is 12.5. The Bertz CT molecular complexity index is 4030. The maximum Gasteiger partial charge on any atom is 0.137 e. The van der Waals surface area contributed by atoms with Crippen LogP contribution in [0.1, 0.15) is 84.6 Å². The number of hydrogen-bond acceptors (Lipinski definition) is 4. The molecule has 12 rings (SSSR count). The first-order valence-electron chi connectivity index (χ1n) is 27.4. The topological polar surface area (TPSA) is 33.5 Å². The second-order valence-corrected chi connectivity index (χ2v) is 24.2. The Morgan fingerprint density at radius 3 is 1.63 bits per heavy atom. The summed E-state index contributed by atoms with van der Waals surface area (Å²) in [6.07, 6.45) is 2.04. The number of aromatic nitrogens is 2. The van der Waals surface area contributed by atoms with Crippen molar-refractivity contribution in [3.8, 4) is 61.8 Å². The highest BCUT2D eigenvalue weighted by Gasteiger charge is 2.32. The van der Waals surface area contributed by atoms with Crippen molar-refractivity contribution in [2.75, 3.05) is 16.5 Å². The van der Waals surface area contributed by atoms with E-state index in [-0.39, 0.29) is 16.2 Å². The third-order valence-corrected chi connectivity index (χ3v) is 15.8. The SMILES string of the molecule is Cc1cc(-n2c3ccc(C(C)(C)C)cc3c3ccc(Oc4cccc(N5CN(c6c(-c7ccc(C(C)(C)C)cc7)cccc6-c6cccc(-c7ccccc7)c6)c6ccccc65)c4)cc32)ncc1-c1ccc(C(C)(C)C)cc1. The third kappa shape index (κ3) is 9.42. The van der Waals surface area contributed by atoms with Crippen LogP contribution in [-0.4, -0.2) is 16.2 Å². The Morgan fingerprint density at radius 2 is 0.962 bits per heavy atom. The largest absolute Gasteiger partial charge is 0.457 e. The molecule has 0 bridgehead atoms. The number of rotatable bonds is 9. The van der Waals surface area contributed by atoms with E-state index in [4.69, 9.17) is 9.72 Å². The predicted molar refractivity (Wildman–Crippen MR) is 330 cm³/mol. The first-order chi connectivity index (χ1) is 37.5. The summed E-state index contributed by atoms with van der Waals surface area (Å²) in [7, 11) is 0. The molecule has 0 saturated carbocycles. The molecule has 3 heterocycles. The molecule has 0 amide bonds. The molecule has 1 aliphatic heterocycles. The molecule has 0 atom stereocenters. The highest BCUT2D eigenvalue weighted by Crippen LogP contribution is 2.51. The zero-order valence-electron chi connectivity index (χ0n) is 46.7. The smallest absolute Gasteiger partial charge is 0.137 e. The number of anilines is 4. The fraction of sp³-hybridized carbons (Fsp3) is 0.192. The number of ether oxygens (including phenoxy) is 1. The monoisotopic (exact) mass is 1020 g/mol. The fourth-order valence-corrected chi connectivity index (χ4v) is 11.3. The van der Waals surface area contributed by atoms with Gasteiger partial charge in [0.25, 0.3) is 0 Å². The summed E-state index contributed by atoms with van der Waals surface area (Å²) in [6.45, 7) is 23.2. The first-order valence-corrected chi connectivity index (χ1v) is 27.4. The Morgan fingerprint density at radius 1 is 0.397 bits per heavy atom. The number of pyridine rings is 1. The second kappa shape index (κ2) is 19.4. The third-order valence-electron chi connectivity index (χ3n) is 15.8. The van der Waals surface area contributed by atoms with Gasteiger partial charge < -0.3 is 14.5 Å². The van der Waals surface area contributed by atoms with Gasteiger partial charge in [-0.2, -0.15) is 0 Å².